The third-order valence-electron chi connectivity index (χ3n) is 4.19. The van der Waals surface area contributed by atoms with E-state index in [0.717, 1.165) is 19.3 Å². The zero-order chi connectivity index (χ0) is 16.4. The molecule has 0 bridgehead atoms. The molecule has 7 heteroatoms. The van der Waals surface area contributed by atoms with E-state index in [-0.39, 0.29) is 29.5 Å². The van der Waals surface area contributed by atoms with Gasteiger partial charge in [-0.05, 0) is 50.5 Å². The van der Waals surface area contributed by atoms with Gasteiger partial charge >= 0.3 is 0 Å². The smallest absolute Gasteiger partial charge is 0.276 e. The molecule has 2 N–H and O–H groups in total. The van der Waals surface area contributed by atoms with Crippen molar-refractivity contribution in [2.24, 2.45) is 5.73 Å². The molecule has 0 aliphatic carbocycles. The summed E-state index contributed by atoms with van der Waals surface area (Å²) in [5, 5.41) is 8.34. The van der Waals surface area contributed by atoms with Crippen molar-refractivity contribution in [3.05, 3.63) is 42.0 Å². The molecule has 2 heterocycles. The molecule has 1 fully saturated rings. The Hall–Kier alpha value is -2.28. The maximum Gasteiger partial charge on any atom is 0.276 e. The van der Waals surface area contributed by atoms with Gasteiger partial charge in [0.25, 0.3) is 5.91 Å². The first kappa shape index (κ1) is 15.6. The number of hydrogen-bond acceptors (Lipinski definition) is 4. The summed E-state index contributed by atoms with van der Waals surface area (Å²) in [6.45, 7) is 2.61. The summed E-state index contributed by atoms with van der Waals surface area (Å²) in [5.41, 5.74) is 6.90. The highest BCUT2D eigenvalue weighted by molar-refractivity contribution is 5.92. The first-order valence-electron chi connectivity index (χ1n) is 7.81. The van der Waals surface area contributed by atoms with E-state index in [9.17, 15) is 9.18 Å². The van der Waals surface area contributed by atoms with E-state index in [1.807, 2.05) is 6.92 Å². The second-order valence-corrected chi connectivity index (χ2v) is 5.92. The Morgan fingerprint density at radius 1 is 1.35 bits per heavy atom. The van der Waals surface area contributed by atoms with Crippen molar-refractivity contribution in [3.8, 4) is 5.69 Å². The first-order valence-corrected chi connectivity index (χ1v) is 7.81. The van der Waals surface area contributed by atoms with Crippen LogP contribution in [0.5, 0.6) is 0 Å². The van der Waals surface area contributed by atoms with Crippen molar-refractivity contribution >= 4 is 5.91 Å². The van der Waals surface area contributed by atoms with Crippen molar-refractivity contribution in [2.75, 3.05) is 6.54 Å². The highest BCUT2D eigenvalue weighted by Crippen LogP contribution is 2.21. The average Bonchev–Trinajstić information content (AvgIpc) is 3.04. The van der Waals surface area contributed by atoms with E-state index in [4.69, 9.17) is 5.73 Å². The molecule has 0 saturated carbocycles. The van der Waals surface area contributed by atoms with E-state index in [0.29, 0.717) is 12.2 Å². The fraction of sp³-hybridized carbons (Fsp3) is 0.438. The standard InChI is InChI=1S/C16H20FN5O/c1-11(18)15-4-2-3-9-21(15)16(23)14-10-19-22(20-14)13-7-5-12(17)6-8-13/h5-8,10-11,15H,2-4,9,18H2,1H3/t11-,15+/m0/s1. The fourth-order valence-corrected chi connectivity index (χ4v) is 2.96. The Labute approximate surface area is 134 Å². The van der Waals surface area contributed by atoms with Crippen LogP contribution in [0, 0.1) is 5.82 Å². The lowest BCUT2D eigenvalue weighted by Crippen LogP contribution is -2.51. The number of aromatic nitrogens is 3. The SMILES string of the molecule is C[C@H](N)[C@H]1CCCCN1C(=O)c1cnn(-c2ccc(F)cc2)n1. The number of benzene rings is 1. The minimum Gasteiger partial charge on any atom is -0.333 e. The maximum atomic E-state index is 13.0. The minimum absolute atomic E-state index is 0.0345. The number of halogens is 1. The molecule has 0 spiro atoms. The zero-order valence-corrected chi connectivity index (χ0v) is 13.0. The van der Waals surface area contributed by atoms with E-state index >= 15 is 0 Å². The summed E-state index contributed by atoms with van der Waals surface area (Å²) in [7, 11) is 0. The van der Waals surface area contributed by atoms with Gasteiger partial charge in [-0.3, -0.25) is 4.79 Å². The Morgan fingerprint density at radius 2 is 2.09 bits per heavy atom. The topological polar surface area (TPSA) is 77.0 Å². The van der Waals surface area contributed by atoms with Crippen LogP contribution in [0.25, 0.3) is 5.69 Å². The monoisotopic (exact) mass is 317 g/mol. The van der Waals surface area contributed by atoms with Gasteiger partial charge in [-0.25, -0.2) is 4.39 Å². The molecule has 1 aromatic heterocycles. The molecule has 1 aliphatic rings. The molecule has 1 saturated heterocycles. The highest BCUT2D eigenvalue weighted by Gasteiger charge is 2.31. The van der Waals surface area contributed by atoms with Gasteiger partial charge in [0.1, 0.15) is 5.82 Å². The molecule has 0 radical (unpaired) electrons. The summed E-state index contributed by atoms with van der Waals surface area (Å²) in [5.74, 6) is -0.481. The third kappa shape index (κ3) is 3.24. The lowest BCUT2D eigenvalue weighted by atomic mass is 9.96. The number of piperidine rings is 1. The van der Waals surface area contributed by atoms with Crippen molar-refractivity contribution in [2.45, 2.75) is 38.3 Å². The number of likely N-dealkylation sites (tertiary alicyclic amines) is 1. The Balaban J connectivity index is 1.81. The van der Waals surface area contributed by atoms with Gasteiger partial charge in [0.2, 0.25) is 0 Å². The molecule has 6 nitrogen and oxygen atoms in total. The second-order valence-electron chi connectivity index (χ2n) is 5.92. The Kier molecular flexibility index (Phi) is 4.38. The summed E-state index contributed by atoms with van der Waals surface area (Å²) < 4.78 is 13.0. The zero-order valence-electron chi connectivity index (χ0n) is 13.0. The molecular formula is C16H20FN5O. The van der Waals surface area contributed by atoms with Crippen LogP contribution < -0.4 is 5.73 Å². The van der Waals surface area contributed by atoms with Gasteiger partial charge in [-0.15, -0.1) is 5.10 Å². The predicted molar refractivity (Wildman–Crippen MR) is 83.6 cm³/mol. The van der Waals surface area contributed by atoms with Gasteiger partial charge in [0.05, 0.1) is 11.9 Å². The molecule has 0 unspecified atom stereocenters. The van der Waals surface area contributed by atoms with E-state index in [1.165, 1.54) is 23.1 Å². The summed E-state index contributed by atoms with van der Waals surface area (Å²) in [4.78, 5) is 15.8. The quantitative estimate of drug-likeness (QED) is 0.935. The number of nitrogens with two attached hydrogens (primary N) is 1. The van der Waals surface area contributed by atoms with Crippen LogP contribution in [-0.2, 0) is 0 Å². The van der Waals surface area contributed by atoms with Gasteiger partial charge in [-0.2, -0.15) is 9.90 Å². The number of carbonyl (C=O) groups is 1. The molecule has 23 heavy (non-hydrogen) atoms. The average molecular weight is 317 g/mol. The van der Waals surface area contributed by atoms with Crippen LogP contribution in [-0.4, -0.2) is 44.4 Å². The lowest BCUT2D eigenvalue weighted by Gasteiger charge is -2.37. The predicted octanol–water partition coefficient (Wildman–Crippen LogP) is 1.75. The maximum absolute atomic E-state index is 13.0. The van der Waals surface area contributed by atoms with Gasteiger partial charge in [-0.1, -0.05) is 0 Å². The summed E-state index contributed by atoms with van der Waals surface area (Å²) in [6.07, 6.45) is 4.41. The summed E-state index contributed by atoms with van der Waals surface area (Å²) in [6, 6.07) is 5.75. The summed E-state index contributed by atoms with van der Waals surface area (Å²) >= 11 is 0. The van der Waals surface area contributed by atoms with Crippen LogP contribution >= 0.6 is 0 Å². The second kappa shape index (κ2) is 6.45. The number of carbonyl (C=O) groups excluding carboxylic acids is 1. The highest BCUT2D eigenvalue weighted by atomic mass is 19.1. The molecular weight excluding hydrogens is 297 g/mol. The van der Waals surface area contributed by atoms with Crippen molar-refractivity contribution in [1.29, 1.82) is 0 Å². The third-order valence-corrected chi connectivity index (χ3v) is 4.19. The van der Waals surface area contributed by atoms with Crippen molar-refractivity contribution in [3.63, 3.8) is 0 Å². The van der Waals surface area contributed by atoms with Gasteiger partial charge < -0.3 is 10.6 Å². The van der Waals surface area contributed by atoms with Crippen LogP contribution in [0.15, 0.2) is 30.5 Å². The van der Waals surface area contributed by atoms with E-state index in [2.05, 4.69) is 10.2 Å². The van der Waals surface area contributed by atoms with Crippen LogP contribution in [0.3, 0.4) is 0 Å². The molecule has 2 aromatic rings. The molecule has 1 amide bonds. The minimum atomic E-state index is -0.328. The van der Waals surface area contributed by atoms with Gasteiger partial charge in [0.15, 0.2) is 5.69 Å². The number of hydrogen-bond donors (Lipinski definition) is 1. The molecule has 122 valence electrons. The van der Waals surface area contributed by atoms with Crippen LogP contribution in [0.2, 0.25) is 0 Å². The first-order chi connectivity index (χ1) is 11.1. The fourth-order valence-electron chi connectivity index (χ4n) is 2.96. The van der Waals surface area contributed by atoms with Crippen molar-refractivity contribution < 1.29 is 9.18 Å². The van der Waals surface area contributed by atoms with Gasteiger partial charge in [0, 0.05) is 18.6 Å². The number of nitrogens with zero attached hydrogens (tertiary/aromatic N) is 4. The normalized spacial score (nSPS) is 19.6. The lowest BCUT2D eigenvalue weighted by molar-refractivity contribution is 0.0577. The van der Waals surface area contributed by atoms with E-state index < -0.39 is 0 Å². The molecule has 1 aromatic carbocycles. The number of amides is 1. The van der Waals surface area contributed by atoms with Crippen molar-refractivity contribution in [1.82, 2.24) is 19.9 Å². The Bertz CT molecular complexity index is 682. The van der Waals surface area contributed by atoms with Crippen LogP contribution in [0.1, 0.15) is 36.7 Å². The Morgan fingerprint density at radius 3 is 2.78 bits per heavy atom. The number of rotatable bonds is 3. The van der Waals surface area contributed by atoms with Crippen LogP contribution in [0.4, 0.5) is 4.39 Å². The van der Waals surface area contributed by atoms with E-state index in [1.54, 1.807) is 17.0 Å². The largest absolute Gasteiger partial charge is 0.333 e. The molecule has 1 aliphatic heterocycles. The molecule has 2 atom stereocenters. The molecule has 3 rings (SSSR count).